The zero-order valence-electron chi connectivity index (χ0n) is 14.4. The molecular weight excluding hydrogens is 409 g/mol. The first-order chi connectivity index (χ1) is 13.9. The number of oxime groups is 1. The fraction of sp³-hybridized carbons (Fsp3) is 0.167. The minimum absolute atomic E-state index is 0.0119. The minimum Gasteiger partial charge on any atom is -0.374 e. The Kier molecular flexibility index (Phi) is 4.47. The molecule has 0 radical (unpaired) electrons. The number of halogens is 4. The smallest absolute Gasteiger partial charge is 0.374 e. The maximum Gasteiger partial charge on any atom is 0.435 e. The standard InChI is InChI=1S/C18H10ClF3N6O/c19-15-6-12(4-5-25-15)17(18(20,21)22)7-14(27-29-17)13-3-1-2-11(8-23)16(13)28-10-24-9-26-28/h1-6,9-10H,7H2. The Bertz CT molecular complexity index is 1140. The highest BCUT2D eigenvalue weighted by molar-refractivity contribution is 6.29. The molecule has 29 heavy (non-hydrogen) atoms. The molecule has 1 aliphatic heterocycles. The topological polar surface area (TPSA) is 89.0 Å². The van der Waals surface area contributed by atoms with Gasteiger partial charge in [-0.05, 0) is 18.2 Å². The predicted octanol–water partition coefficient (Wildman–Crippen LogP) is 3.77. The summed E-state index contributed by atoms with van der Waals surface area (Å²) in [5.41, 5.74) is -2.19. The van der Waals surface area contributed by atoms with Gasteiger partial charge in [-0.3, -0.25) is 0 Å². The fourth-order valence-corrected chi connectivity index (χ4v) is 3.31. The van der Waals surface area contributed by atoms with Gasteiger partial charge in [0, 0.05) is 17.3 Å². The Labute approximate surface area is 167 Å². The summed E-state index contributed by atoms with van der Waals surface area (Å²) in [4.78, 5) is 12.6. The molecule has 4 rings (SSSR count). The van der Waals surface area contributed by atoms with E-state index in [2.05, 4.69) is 20.2 Å². The van der Waals surface area contributed by atoms with Crippen LogP contribution in [0.5, 0.6) is 0 Å². The first-order valence-electron chi connectivity index (χ1n) is 8.18. The number of hydrogen-bond acceptors (Lipinski definition) is 6. The number of para-hydroxylation sites is 1. The number of pyridine rings is 1. The number of hydrogen-bond donors (Lipinski definition) is 0. The van der Waals surface area contributed by atoms with Crippen molar-refractivity contribution >= 4 is 17.3 Å². The first kappa shape index (κ1) is 18.9. The van der Waals surface area contributed by atoms with E-state index in [1.165, 1.54) is 35.7 Å². The van der Waals surface area contributed by atoms with Crippen molar-refractivity contribution < 1.29 is 18.0 Å². The van der Waals surface area contributed by atoms with E-state index >= 15 is 0 Å². The van der Waals surface area contributed by atoms with Crippen LogP contribution >= 0.6 is 11.6 Å². The number of aromatic nitrogens is 4. The SMILES string of the molecule is N#Cc1cccc(C2=NOC(c3ccnc(Cl)c3)(C(F)(F)F)C2)c1-n1cncn1. The Morgan fingerprint density at radius 2 is 2.10 bits per heavy atom. The Balaban J connectivity index is 1.83. The molecule has 0 fully saturated rings. The molecule has 1 atom stereocenters. The van der Waals surface area contributed by atoms with Crippen LogP contribution in [0.15, 0.2) is 54.3 Å². The van der Waals surface area contributed by atoms with Gasteiger partial charge in [0.05, 0.1) is 23.4 Å². The highest BCUT2D eigenvalue weighted by Crippen LogP contribution is 2.49. The molecule has 0 amide bonds. The maximum atomic E-state index is 14.1. The normalized spacial score (nSPS) is 18.8. The van der Waals surface area contributed by atoms with Gasteiger partial charge in [0.25, 0.3) is 5.60 Å². The lowest BCUT2D eigenvalue weighted by molar-refractivity contribution is -0.275. The van der Waals surface area contributed by atoms with Crippen molar-refractivity contribution in [3.05, 3.63) is 71.0 Å². The maximum absolute atomic E-state index is 14.1. The molecule has 3 heterocycles. The molecule has 3 aromatic rings. The molecule has 7 nitrogen and oxygen atoms in total. The van der Waals surface area contributed by atoms with Gasteiger partial charge < -0.3 is 4.84 Å². The van der Waals surface area contributed by atoms with Crippen molar-refractivity contribution in [1.82, 2.24) is 19.7 Å². The van der Waals surface area contributed by atoms with Crippen LogP contribution in [0.3, 0.4) is 0 Å². The molecule has 0 aliphatic carbocycles. The minimum atomic E-state index is -4.79. The van der Waals surface area contributed by atoms with E-state index in [1.54, 1.807) is 12.1 Å². The summed E-state index contributed by atoms with van der Waals surface area (Å²) in [6, 6.07) is 8.90. The molecule has 11 heteroatoms. The van der Waals surface area contributed by atoms with Crippen LogP contribution in [0.4, 0.5) is 13.2 Å². The Morgan fingerprint density at radius 1 is 1.28 bits per heavy atom. The Hall–Kier alpha value is -3.45. The Morgan fingerprint density at radius 3 is 2.76 bits per heavy atom. The van der Waals surface area contributed by atoms with Crippen molar-refractivity contribution in [1.29, 1.82) is 5.26 Å². The molecule has 0 bridgehead atoms. The quantitative estimate of drug-likeness (QED) is 0.604. The van der Waals surface area contributed by atoms with Crippen LogP contribution in [0.1, 0.15) is 23.1 Å². The third kappa shape index (κ3) is 3.09. The molecule has 0 saturated carbocycles. The summed E-state index contributed by atoms with van der Waals surface area (Å²) >= 11 is 5.80. The van der Waals surface area contributed by atoms with Gasteiger partial charge in [-0.15, -0.1) is 0 Å². The molecule has 1 aromatic carbocycles. The highest BCUT2D eigenvalue weighted by atomic mass is 35.5. The monoisotopic (exact) mass is 418 g/mol. The van der Waals surface area contributed by atoms with Gasteiger partial charge in [0.15, 0.2) is 0 Å². The predicted molar refractivity (Wildman–Crippen MR) is 95.3 cm³/mol. The third-order valence-corrected chi connectivity index (χ3v) is 4.70. The van der Waals surface area contributed by atoms with Crippen LogP contribution in [0.25, 0.3) is 5.69 Å². The number of alkyl halides is 3. The van der Waals surface area contributed by atoms with E-state index in [-0.39, 0.29) is 33.2 Å². The zero-order valence-corrected chi connectivity index (χ0v) is 15.2. The van der Waals surface area contributed by atoms with E-state index in [9.17, 15) is 18.4 Å². The van der Waals surface area contributed by atoms with Gasteiger partial charge in [-0.2, -0.15) is 23.5 Å². The van der Waals surface area contributed by atoms with Crippen molar-refractivity contribution in [3.63, 3.8) is 0 Å². The molecular formula is C18H10ClF3N6O. The summed E-state index contributed by atoms with van der Waals surface area (Å²) < 4.78 is 43.6. The number of nitrogens with zero attached hydrogens (tertiary/aromatic N) is 6. The van der Waals surface area contributed by atoms with Crippen LogP contribution in [0, 0.1) is 11.3 Å². The second kappa shape index (κ2) is 6.86. The van der Waals surface area contributed by atoms with Gasteiger partial charge in [0.2, 0.25) is 0 Å². The number of rotatable bonds is 3. The third-order valence-electron chi connectivity index (χ3n) is 4.49. The average Bonchev–Trinajstić information content (AvgIpc) is 3.37. The lowest BCUT2D eigenvalue weighted by Crippen LogP contribution is -2.42. The van der Waals surface area contributed by atoms with E-state index in [4.69, 9.17) is 16.4 Å². The first-order valence-corrected chi connectivity index (χ1v) is 8.56. The second-order valence-corrected chi connectivity index (χ2v) is 6.54. The summed E-state index contributed by atoms with van der Waals surface area (Å²) in [6.45, 7) is 0. The highest BCUT2D eigenvalue weighted by Gasteiger charge is 2.62. The molecule has 0 N–H and O–H groups in total. The molecule has 1 aliphatic rings. The molecule has 0 saturated heterocycles. The average molecular weight is 419 g/mol. The van der Waals surface area contributed by atoms with E-state index in [0.717, 1.165) is 6.07 Å². The van der Waals surface area contributed by atoms with Crippen molar-refractivity contribution in [2.24, 2.45) is 5.16 Å². The van der Waals surface area contributed by atoms with Crippen LogP contribution < -0.4 is 0 Å². The molecule has 0 spiro atoms. The summed E-state index contributed by atoms with van der Waals surface area (Å²) in [7, 11) is 0. The lowest BCUT2D eigenvalue weighted by atomic mass is 9.86. The van der Waals surface area contributed by atoms with Gasteiger partial charge in [-0.1, -0.05) is 28.9 Å². The fourth-order valence-electron chi connectivity index (χ4n) is 3.14. The zero-order chi connectivity index (χ0) is 20.6. The summed E-state index contributed by atoms with van der Waals surface area (Å²) in [6.07, 6.45) is -1.64. The van der Waals surface area contributed by atoms with Crippen molar-refractivity contribution in [2.75, 3.05) is 0 Å². The van der Waals surface area contributed by atoms with E-state index in [1.807, 2.05) is 6.07 Å². The van der Waals surface area contributed by atoms with Crippen molar-refractivity contribution in [3.8, 4) is 11.8 Å². The number of nitriles is 1. The van der Waals surface area contributed by atoms with Crippen LogP contribution in [-0.2, 0) is 10.4 Å². The second-order valence-electron chi connectivity index (χ2n) is 6.15. The van der Waals surface area contributed by atoms with Crippen molar-refractivity contribution in [2.45, 2.75) is 18.2 Å². The summed E-state index contributed by atoms with van der Waals surface area (Å²) in [5.74, 6) is 0. The molecule has 2 aromatic heterocycles. The van der Waals surface area contributed by atoms with Crippen LogP contribution in [0.2, 0.25) is 5.15 Å². The molecule has 1 unspecified atom stereocenters. The van der Waals surface area contributed by atoms with E-state index < -0.39 is 18.2 Å². The van der Waals surface area contributed by atoms with E-state index in [0.29, 0.717) is 0 Å². The molecule has 146 valence electrons. The lowest BCUT2D eigenvalue weighted by Gasteiger charge is -2.29. The van der Waals surface area contributed by atoms with Gasteiger partial charge >= 0.3 is 6.18 Å². The largest absolute Gasteiger partial charge is 0.435 e. The van der Waals surface area contributed by atoms with Crippen LogP contribution in [-0.4, -0.2) is 31.6 Å². The summed E-state index contributed by atoms with van der Waals surface area (Å²) in [5, 5.41) is 17.1. The van der Waals surface area contributed by atoms with Gasteiger partial charge in [-0.25, -0.2) is 14.6 Å². The number of benzene rings is 1. The van der Waals surface area contributed by atoms with Gasteiger partial charge in [0.1, 0.15) is 23.9 Å².